The van der Waals surface area contributed by atoms with Crippen LogP contribution in [-0.2, 0) is 4.79 Å². The van der Waals surface area contributed by atoms with Crippen molar-refractivity contribution < 1.29 is 9.59 Å². The molecule has 2 aromatic rings. The molecule has 30 heavy (non-hydrogen) atoms. The van der Waals surface area contributed by atoms with Crippen molar-refractivity contribution in [1.82, 2.24) is 24.7 Å². The van der Waals surface area contributed by atoms with Crippen molar-refractivity contribution in [3.8, 4) is 0 Å². The summed E-state index contributed by atoms with van der Waals surface area (Å²) in [5, 5.41) is 1.04. The van der Waals surface area contributed by atoms with Gasteiger partial charge in [0.15, 0.2) is 0 Å². The Kier molecular flexibility index (Phi) is 5.23. The lowest BCUT2D eigenvalue weighted by Crippen LogP contribution is -2.51. The normalized spacial score (nSPS) is 20.3. The maximum Gasteiger partial charge on any atom is 0.264 e. The highest BCUT2D eigenvalue weighted by Gasteiger charge is 2.30. The molecule has 0 radical (unpaired) electrons. The summed E-state index contributed by atoms with van der Waals surface area (Å²) in [5.41, 5.74) is 1.99. The van der Waals surface area contributed by atoms with Crippen molar-refractivity contribution in [1.29, 1.82) is 0 Å². The van der Waals surface area contributed by atoms with Crippen molar-refractivity contribution >= 4 is 33.4 Å². The minimum atomic E-state index is 0.0911. The summed E-state index contributed by atoms with van der Waals surface area (Å²) >= 11 is 1.51. The largest absolute Gasteiger partial charge is 0.342 e. The molecule has 0 aromatic carbocycles. The van der Waals surface area contributed by atoms with Crippen molar-refractivity contribution in [3.05, 3.63) is 22.0 Å². The Labute approximate surface area is 181 Å². The van der Waals surface area contributed by atoms with Gasteiger partial charge in [-0.3, -0.25) is 14.5 Å². The Morgan fingerprint density at radius 3 is 2.33 bits per heavy atom. The standard InChI is InChI=1S/C22H29N5O2S/c1-14-18-15(2)23-20(16-5-6-16)24-21(18)30-19(14)22(29)27-11-9-25(10-12-27)13-17(28)26-7-3-4-8-26/h16H,3-13H2,1-2H3. The minimum Gasteiger partial charge on any atom is -0.342 e. The molecule has 5 rings (SSSR count). The van der Waals surface area contributed by atoms with Gasteiger partial charge in [-0.25, -0.2) is 9.97 Å². The number of likely N-dealkylation sites (tertiary alicyclic amines) is 1. The molecule has 2 amide bonds. The highest BCUT2D eigenvalue weighted by molar-refractivity contribution is 7.20. The SMILES string of the molecule is Cc1nc(C2CC2)nc2sc(C(=O)N3CCN(CC(=O)N4CCCC4)CC3)c(C)c12. The van der Waals surface area contributed by atoms with Crippen molar-refractivity contribution in [2.45, 2.75) is 45.4 Å². The molecule has 0 unspecified atom stereocenters. The van der Waals surface area contributed by atoms with Gasteiger partial charge in [0.25, 0.3) is 5.91 Å². The fourth-order valence-electron chi connectivity index (χ4n) is 4.60. The molecule has 3 aliphatic rings. The van der Waals surface area contributed by atoms with Crippen LogP contribution in [0.25, 0.3) is 10.2 Å². The number of piperazine rings is 1. The minimum absolute atomic E-state index is 0.0911. The second kappa shape index (κ2) is 7.89. The third-order valence-electron chi connectivity index (χ3n) is 6.60. The molecule has 2 aliphatic heterocycles. The zero-order chi connectivity index (χ0) is 20.8. The fourth-order valence-corrected chi connectivity index (χ4v) is 5.81. The number of hydrogen-bond acceptors (Lipinski definition) is 6. The molecule has 8 heteroatoms. The maximum absolute atomic E-state index is 13.3. The van der Waals surface area contributed by atoms with Crippen LogP contribution in [-0.4, -0.2) is 82.3 Å². The highest BCUT2D eigenvalue weighted by atomic mass is 32.1. The molecule has 1 saturated carbocycles. The summed E-state index contributed by atoms with van der Waals surface area (Å²) in [6.07, 6.45) is 4.58. The molecule has 0 N–H and O–H groups in total. The number of rotatable bonds is 4. The lowest BCUT2D eigenvalue weighted by molar-refractivity contribution is -0.131. The first kappa shape index (κ1) is 19.9. The van der Waals surface area contributed by atoms with Crippen molar-refractivity contribution in [2.24, 2.45) is 0 Å². The number of nitrogens with zero attached hydrogens (tertiary/aromatic N) is 5. The van der Waals surface area contributed by atoms with E-state index >= 15 is 0 Å². The zero-order valence-electron chi connectivity index (χ0n) is 17.8. The molecule has 4 heterocycles. The predicted molar refractivity (Wildman–Crippen MR) is 117 cm³/mol. The van der Waals surface area contributed by atoms with Gasteiger partial charge < -0.3 is 9.80 Å². The summed E-state index contributed by atoms with van der Waals surface area (Å²) in [5.74, 6) is 1.77. The van der Waals surface area contributed by atoms with Crippen molar-refractivity contribution in [2.75, 3.05) is 45.8 Å². The van der Waals surface area contributed by atoms with Crippen molar-refractivity contribution in [3.63, 3.8) is 0 Å². The molecular weight excluding hydrogens is 398 g/mol. The van der Waals surface area contributed by atoms with E-state index in [9.17, 15) is 9.59 Å². The van der Waals surface area contributed by atoms with Crippen LogP contribution >= 0.6 is 11.3 Å². The molecule has 0 bridgehead atoms. The van der Waals surface area contributed by atoms with Crippen LogP contribution in [0.15, 0.2) is 0 Å². The van der Waals surface area contributed by atoms with Crippen LogP contribution in [0.2, 0.25) is 0 Å². The zero-order valence-corrected chi connectivity index (χ0v) is 18.6. The third kappa shape index (κ3) is 3.71. The summed E-state index contributed by atoms with van der Waals surface area (Å²) < 4.78 is 0. The molecule has 1 aliphatic carbocycles. The Bertz CT molecular complexity index is 985. The first-order valence-corrected chi connectivity index (χ1v) is 11.9. The number of aromatic nitrogens is 2. The number of carbonyl (C=O) groups is 2. The number of aryl methyl sites for hydroxylation is 2. The molecule has 0 spiro atoms. The van der Waals surface area contributed by atoms with Crippen LogP contribution < -0.4 is 0 Å². The Hall–Kier alpha value is -2.06. The van der Waals surface area contributed by atoms with Gasteiger partial charge in [-0.1, -0.05) is 0 Å². The van der Waals surface area contributed by atoms with Crippen LogP contribution in [0, 0.1) is 13.8 Å². The third-order valence-corrected chi connectivity index (χ3v) is 7.78. The quantitative estimate of drug-likeness (QED) is 0.750. The molecule has 7 nitrogen and oxygen atoms in total. The number of carbonyl (C=O) groups excluding carboxylic acids is 2. The lowest BCUT2D eigenvalue weighted by Gasteiger charge is -2.35. The van der Waals surface area contributed by atoms with E-state index in [4.69, 9.17) is 9.97 Å². The van der Waals surface area contributed by atoms with Gasteiger partial charge in [0.1, 0.15) is 10.7 Å². The van der Waals surface area contributed by atoms with Gasteiger partial charge in [-0.15, -0.1) is 11.3 Å². The Morgan fingerprint density at radius 2 is 1.67 bits per heavy atom. The number of fused-ring (bicyclic) bond motifs is 1. The van der Waals surface area contributed by atoms with E-state index in [0.717, 1.165) is 71.2 Å². The second-order valence-corrected chi connectivity index (χ2v) is 9.83. The summed E-state index contributed by atoms with van der Waals surface area (Å²) in [6.45, 7) is 9.14. The van der Waals surface area contributed by atoms with E-state index in [2.05, 4.69) is 4.90 Å². The van der Waals surface area contributed by atoms with E-state index in [1.54, 1.807) is 0 Å². The Morgan fingerprint density at radius 1 is 0.967 bits per heavy atom. The monoisotopic (exact) mass is 427 g/mol. The predicted octanol–water partition coefficient (Wildman–Crippen LogP) is 2.57. The molecule has 2 saturated heterocycles. The smallest absolute Gasteiger partial charge is 0.264 e. The van der Waals surface area contributed by atoms with E-state index in [-0.39, 0.29) is 11.8 Å². The molecule has 0 atom stereocenters. The van der Waals surface area contributed by atoms with Crippen LogP contribution in [0.3, 0.4) is 0 Å². The topological polar surface area (TPSA) is 69.6 Å². The fraction of sp³-hybridized carbons (Fsp3) is 0.636. The van der Waals surface area contributed by atoms with E-state index in [0.29, 0.717) is 25.6 Å². The maximum atomic E-state index is 13.3. The summed E-state index contributed by atoms with van der Waals surface area (Å²) in [6, 6.07) is 0. The van der Waals surface area contributed by atoms with E-state index in [1.165, 1.54) is 24.2 Å². The van der Waals surface area contributed by atoms with E-state index < -0.39 is 0 Å². The lowest BCUT2D eigenvalue weighted by atomic mass is 10.1. The van der Waals surface area contributed by atoms with E-state index in [1.807, 2.05) is 23.6 Å². The van der Waals surface area contributed by atoms with Gasteiger partial charge >= 0.3 is 0 Å². The second-order valence-electron chi connectivity index (χ2n) is 8.83. The van der Waals surface area contributed by atoms with Gasteiger partial charge in [-0.05, 0) is 45.1 Å². The average molecular weight is 428 g/mol. The van der Waals surface area contributed by atoms with Crippen LogP contribution in [0.1, 0.15) is 58.4 Å². The molecule has 2 aromatic heterocycles. The van der Waals surface area contributed by atoms with Gasteiger partial charge in [-0.2, -0.15) is 0 Å². The first-order valence-electron chi connectivity index (χ1n) is 11.1. The highest BCUT2D eigenvalue weighted by Crippen LogP contribution is 2.40. The van der Waals surface area contributed by atoms with Gasteiger partial charge in [0, 0.05) is 50.6 Å². The Balaban J connectivity index is 1.26. The van der Waals surface area contributed by atoms with Gasteiger partial charge in [0.2, 0.25) is 5.91 Å². The van der Waals surface area contributed by atoms with Crippen LogP contribution in [0.5, 0.6) is 0 Å². The number of thiophene rings is 1. The first-order chi connectivity index (χ1) is 14.5. The molecule has 160 valence electrons. The van der Waals surface area contributed by atoms with Gasteiger partial charge in [0.05, 0.1) is 17.1 Å². The summed E-state index contributed by atoms with van der Waals surface area (Å²) in [4.78, 5) is 43.0. The average Bonchev–Trinajstić information content (AvgIpc) is 3.33. The summed E-state index contributed by atoms with van der Waals surface area (Å²) in [7, 11) is 0. The molecule has 3 fully saturated rings. The number of hydrogen-bond donors (Lipinski definition) is 0. The number of amides is 2. The van der Waals surface area contributed by atoms with Crippen LogP contribution in [0.4, 0.5) is 0 Å². The molecular formula is C22H29N5O2S.